The van der Waals surface area contributed by atoms with Crippen LogP contribution >= 0.6 is 5.24 Å². The van der Waals surface area contributed by atoms with Crippen molar-refractivity contribution < 1.29 is 43.9 Å². The molecule has 0 aliphatic heterocycles. The van der Waals surface area contributed by atoms with Gasteiger partial charge in [0.1, 0.15) is 0 Å². The Bertz CT molecular complexity index is 661. The Labute approximate surface area is 138 Å². The van der Waals surface area contributed by atoms with Crippen LogP contribution in [0.2, 0.25) is 0 Å². The molecule has 1 heterocycles. The van der Waals surface area contributed by atoms with E-state index in [1.165, 1.54) is 11.7 Å². The van der Waals surface area contributed by atoms with E-state index in [1.807, 2.05) is 0 Å². The monoisotopic (exact) mass is 445 g/mol. The number of aromatic amines is 1. The number of alkyl halides is 1. The number of rotatable bonds is 7. The molecule has 0 aliphatic carbocycles. The van der Waals surface area contributed by atoms with Crippen LogP contribution < -0.4 is 36.6 Å². The molecule has 0 saturated carbocycles. The number of allylic oxidation sites excluding steroid dienone is 1. The third-order valence-corrected chi connectivity index (χ3v) is 8.09. The van der Waals surface area contributed by atoms with E-state index in [1.54, 1.807) is 31.1 Å². The van der Waals surface area contributed by atoms with Crippen LogP contribution in [0, 0.1) is 6.92 Å². The van der Waals surface area contributed by atoms with Gasteiger partial charge in [-0.15, -0.1) is 0 Å². The third-order valence-electron chi connectivity index (χ3n) is 2.96. The van der Waals surface area contributed by atoms with Gasteiger partial charge in [-0.2, -0.15) is 0 Å². The molecule has 0 aromatic carbocycles. The predicted molar refractivity (Wildman–Crippen MR) is 77.7 cm³/mol. The van der Waals surface area contributed by atoms with Crippen LogP contribution in [0.25, 0.3) is 0 Å². The quantitative estimate of drug-likeness (QED) is 0.145. The van der Waals surface area contributed by atoms with E-state index in [-0.39, 0.29) is 12.2 Å². The molecule has 1 aromatic rings. The van der Waals surface area contributed by atoms with Gasteiger partial charge in [0.25, 0.3) is 0 Å². The van der Waals surface area contributed by atoms with E-state index >= 15 is 0 Å². The molecular formula is C12H21IN3O5P. The Morgan fingerprint density at radius 3 is 2.82 bits per heavy atom. The number of hydrogen-bond donors (Lipinski definition) is 3. The van der Waals surface area contributed by atoms with Crippen molar-refractivity contribution in [2.24, 2.45) is 0 Å². The van der Waals surface area contributed by atoms with Crippen LogP contribution in [-0.4, -0.2) is 21.9 Å². The van der Waals surface area contributed by atoms with Gasteiger partial charge in [0.2, 0.25) is 0 Å². The summed E-state index contributed by atoms with van der Waals surface area (Å²) in [6, 6.07) is 0. The molecule has 0 amide bonds. The van der Waals surface area contributed by atoms with Crippen molar-refractivity contribution in [2.75, 3.05) is 17.8 Å². The summed E-state index contributed by atoms with van der Waals surface area (Å²) in [6.45, 7) is 3.45. The zero-order chi connectivity index (χ0) is 16.9. The number of methoxy groups -OCH3 is 1. The average molecular weight is 445 g/mol. The zero-order valence-electron chi connectivity index (χ0n) is 12.9. The first-order valence-electron chi connectivity index (χ1n) is 6.36. The van der Waals surface area contributed by atoms with Crippen LogP contribution in [0.3, 0.4) is 0 Å². The first kappa shape index (κ1) is 19.1. The van der Waals surface area contributed by atoms with Crippen LogP contribution in [0.4, 0.5) is 5.82 Å². The second-order valence-electron chi connectivity index (χ2n) is 4.42. The fourth-order valence-corrected chi connectivity index (χ4v) is 3.57. The molecular weight excluding hydrogens is 424 g/mol. The summed E-state index contributed by atoms with van der Waals surface area (Å²) >= 11 is -0.964. The fraction of sp³-hybridized carbons (Fsp3) is 0.500. The molecule has 1 rings (SSSR count). The fourth-order valence-electron chi connectivity index (χ4n) is 1.68. The van der Waals surface area contributed by atoms with Crippen LogP contribution in [0.15, 0.2) is 22.8 Å². The molecule has 0 saturated heterocycles. The molecule has 8 nitrogen and oxygen atoms in total. The van der Waals surface area contributed by atoms with Crippen molar-refractivity contribution >= 4 is 11.1 Å². The van der Waals surface area contributed by atoms with Gasteiger partial charge in [0.15, 0.2) is 0 Å². The van der Waals surface area contributed by atoms with Crippen LogP contribution in [0.1, 0.15) is 25.1 Å². The minimum atomic E-state index is -3.56. The second-order valence-corrected chi connectivity index (χ2v) is 12.4. The molecule has 0 spiro atoms. The number of nitrogens with two attached hydrogens (primary N) is 1. The topological polar surface area (TPSA) is 119 Å². The van der Waals surface area contributed by atoms with E-state index in [9.17, 15) is 14.3 Å². The van der Waals surface area contributed by atoms with Gasteiger partial charge in [-0.1, -0.05) is 0 Å². The normalized spacial score (nSPS) is 16.3. The third kappa shape index (κ3) is 5.08. The first-order chi connectivity index (χ1) is 10.2. The number of nitrogen functional groups attached to an aromatic ring is 1. The molecule has 1 aromatic heterocycles. The number of nitrogens with one attached hydrogen (secondary N) is 1. The zero-order valence-corrected chi connectivity index (χ0v) is 15.9. The molecule has 2 unspecified atom stereocenters. The molecule has 0 fully saturated rings. The number of nitrogens with zero attached hydrogens (tertiary/aromatic N) is 1. The van der Waals surface area contributed by atoms with E-state index in [0.717, 1.165) is 0 Å². The number of H-pyrrole nitrogens is 1. The van der Waals surface area contributed by atoms with Crippen molar-refractivity contribution in [3.8, 4) is 0 Å². The molecule has 22 heavy (non-hydrogen) atoms. The standard InChI is InChI=1S/C12H20IN3O5P/c1-5-9(21-22(18,19)13-3)6-10(20-4)16-7-8(2)11(14)15-12(16)17/h5,7,10H,6H2,1-4H3,(H3,14,15,17,18,19)/q-1/p+1. The number of halogens is 1. The van der Waals surface area contributed by atoms with E-state index in [4.69, 9.17) is 15.0 Å². The Kier molecular flexibility index (Phi) is 7.04. The number of anilines is 1. The van der Waals surface area contributed by atoms with Crippen LogP contribution in [0.5, 0.6) is 0 Å². The Hall–Kier alpha value is -0.900. The van der Waals surface area contributed by atoms with Gasteiger partial charge < -0.3 is 0 Å². The van der Waals surface area contributed by atoms with Gasteiger partial charge in [-0.05, 0) is 0 Å². The summed E-state index contributed by atoms with van der Waals surface area (Å²) in [6.07, 6.45) is 2.64. The maximum absolute atomic E-state index is 12.0. The molecule has 126 valence electrons. The SMILES string of the molecule is CC=C(CC(OC)[n+]1cc(C)c(N)[nH]c1=O)OP(=O)(O)[I-]C. The number of aromatic nitrogens is 2. The molecule has 10 heteroatoms. The summed E-state index contributed by atoms with van der Waals surface area (Å²) in [5.74, 6) is 0.592. The van der Waals surface area contributed by atoms with E-state index < -0.39 is 37.8 Å². The van der Waals surface area contributed by atoms with E-state index in [2.05, 4.69) is 4.98 Å². The van der Waals surface area contributed by atoms with Gasteiger partial charge >= 0.3 is 138 Å². The molecule has 0 radical (unpaired) electrons. The Morgan fingerprint density at radius 2 is 2.32 bits per heavy atom. The van der Waals surface area contributed by atoms with Crippen molar-refractivity contribution in [3.63, 3.8) is 0 Å². The summed E-state index contributed by atoms with van der Waals surface area (Å²) in [5.41, 5.74) is 5.91. The summed E-state index contributed by atoms with van der Waals surface area (Å²) < 4.78 is 23.6. The van der Waals surface area contributed by atoms with Crippen molar-refractivity contribution in [2.45, 2.75) is 26.5 Å². The molecule has 2 atom stereocenters. The molecule has 0 aliphatic rings. The number of hydrogen-bond acceptors (Lipinski definition) is 5. The van der Waals surface area contributed by atoms with Gasteiger partial charge in [0.05, 0.1) is 0 Å². The van der Waals surface area contributed by atoms with Crippen LogP contribution in [-0.2, 0) is 13.8 Å². The summed E-state index contributed by atoms with van der Waals surface area (Å²) in [5, 5.41) is -3.56. The van der Waals surface area contributed by atoms with Crippen molar-refractivity contribution in [1.82, 2.24) is 4.98 Å². The molecule has 4 N–H and O–H groups in total. The number of ether oxygens (including phenoxy) is 1. The van der Waals surface area contributed by atoms with Gasteiger partial charge in [-0.3, -0.25) is 0 Å². The van der Waals surface area contributed by atoms with Gasteiger partial charge in [0, 0.05) is 0 Å². The summed E-state index contributed by atoms with van der Waals surface area (Å²) in [4.78, 5) is 25.8. The maximum atomic E-state index is 12.0. The second kappa shape index (κ2) is 8.09. The molecule has 0 bridgehead atoms. The van der Waals surface area contributed by atoms with Crippen molar-refractivity contribution in [1.29, 1.82) is 0 Å². The van der Waals surface area contributed by atoms with Crippen molar-refractivity contribution in [3.05, 3.63) is 34.1 Å². The Morgan fingerprint density at radius 1 is 1.68 bits per heavy atom. The Balaban J connectivity index is 3.05. The van der Waals surface area contributed by atoms with E-state index in [0.29, 0.717) is 11.3 Å². The summed E-state index contributed by atoms with van der Waals surface area (Å²) in [7, 11) is 1.45. The predicted octanol–water partition coefficient (Wildman–Crippen LogP) is -2.17. The minimum absolute atomic E-state index is 0.151. The first-order valence-corrected chi connectivity index (χ1v) is 12.9. The number of aryl methyl sites for hydroxylation is 1. The van der Waals surface area contributed by atoms with Gasteiger partial charge in [-0.25, -0.2) is 0 Å². The average Bonchev–Trinajstić information content (AvgIpc) is 2.47.